The molecule has 0 aliphatic heterocycles. The Hall–Kier alpha value is 0.430. The van der Waals surface area contributed by atoms with Crippen molar-refractivity contribution >= 4 is 34.2 Å². The molecule has 0 aromatic carbocycles. The van der Waals surface area contributed by atoms with Crippen LogP contribution < -0.4 is 0 Å². The molecule has 0 nitrogen and oxygen atoms in total. The molecule has 3 heteroatoms. The van der Waals surface area contributed by atoms with E-state index in [1.54, 1.807) is 18.2 Å². The van der Waals surface area contributed by atoms with Gasteiger partial charge in [-0.1, -0.05) is 46.3 Å². The molecule has 1 aliphatic carbocycles. The normalized spacial score (nSPS) is 34.3. The molecule has 0 bridgehead atoms. The van der Waals surface area contributed by atoms with Gasteiger partial charge in [-0.05, 0) is 6.08 Å². The first-order valence-corrected chi connectivity index (χ1v) is 4.16. The van der Waals surface area contributed by atoms with Crippen molar-refractivity contribution < 1.29 is 4.39 Å². The highest BCUT2D eigenvalue weighted by Gasteiger charge is 2.20. The van der Waals surface area contributed by atoms with Crippen LogP contribution in [0.1, 0.15) is 0 Å². The van der Waals surface area contributed by atoms with Crippen molar-refractivity contribution in [3.8, 4) is 0 Å². The summed E-state index contributed by atoms with van der Waals surface area (Å²) in [6.45, 7) is 0. The van der Waals surface area contributed by atoms with E-state index in [1.807, 2.05) is 22.6 Å². The molecule has 0 fully saturated rings. The predicted molar refractivity (Wildman–Crippen MR) is 45.8 cm³/mol. The molecule has 2 unspecified atom stereocenters. The Labute approximate surface area is 71.9 Å². The van der Waals surface area contributed by atoms with Gasteiger partial charge in [-0.25, -0.2) is 4.39 Å². The second-order valence-corrected chi connectivity index (χ2v) is 3.66. The molecule has 0 aromatic heterocycles. The van der Waals surface area contributed by atoms with Crippen LogP contribution in [0.2, 0.25) is 0 Å². The Kier molecular flexibility index (Phi) is 2.52. The number of rotatable bonds is 0. The fourth-order valence-electron chi connectivity index (χ4n) is 0.595. The zero-order valence-corrected chi connectivity index (χ0v) is 7.43. The SMILES string of the molecule is FC1C(Cl)=CC=CC1I. The standard InChI is InChI=1S/C6H5ClFI/c7-4-2-1-3-5(9)6(4)8/h1-3,5-6H. The van der Waals surface area contributed by atoms with E-state index in [4.69, 9.17) is 11.6 Å². The molecule has 0 radical (unpaired) electrons. The summed E-state index contributed by atoms with van der Waals surface area (Å²) in [6, 6.07) is 0. The van der Waals surface area contributed by atoms with Gasteiger partial charge < -0.3 is 0 Å². The van der Waals surface area contributed by atoms with E-state index < -0.39 is 6.17 Å². The Morgan fingerprint density at radius 1 is 1.67 bits per heavy atom. The van der Waals surface area contributed by atoms with Gasteiger partial charge in [-0.2, -0.15) is 0 Å². The molecule has 0 spiro atoms. The van der Waals surface area contributed by atoms with Gasteiger partial charge in [-0.15, -0.1) is 0 Å². The number of allylic oxidation sites excluding steroid dienone is 4. The smallest absolute Gasteiger partial charge is 0.151 e. The molecule has 1 rings (SSSR count). The van der Waals surface area contributed by atoms with Crippen molar-refractivity contribution in [3.05, 3.63) is 23.3 Å². The molecule has 0 saturated carbocycles. The van der Waals surface area contributed by atoms with Gasteiger partial charge >= 0.3 is 0 Å². The minimum atomic E-state index is -1.00. The molecule has 50 valence electrons. The zero-order valence-electron chi connectivity index (χ0n) is 4.52. The maximum atomic E-state index is 12.7. The summed E-state index contributed by atoms with van der Waals surface area (Å²) in [5, 5.41) is 0.303. The first kappa shape index (κ1) is 7.54. The molecule has 0 amide bonds. The van der Waals surface area contributed by atoms with Crippen LogP contribution in [0.3, 0.4) is 0 Å². The summed E-state index contributed by atoms with van der Waals surface area (Å²) in [5.74, 6) is 0. The molecule has 2 atom stereocenters. The monoisotopic (exact) mass is 258 g/mol. The van der Waals surface area contributed by atoms with E-state index in [9.17, 15) is 4.39 Å². The average molecular weight is 258 g/mol. The summed E-state index contributed by atoms with van der Waals surface area (Å²) in [6.07, 6.45) is 4.14. The van der Waals surface area contributed by atoms with Crippen LogP contribution in [0, 0.1) is 0 Å². The Morgan fingerprint density at radius 3 is 2.78 bits per heavy atom. The van der Waals surface area contributed by atoms with Crippen molar-refractivity contribution in [2.45, 2.75) is 10.1 Å². The molecule has 0 heterocycles. The zero-order chi connectivity index (χ0) is 6.85. The molecular formula is C6H5ClFI. The van der Waals surface area contributed by atoms with E-state index in [2.05, 4.69) is 0 Å². The Balaban J connectivity index is 2.73. The number of alkyl halides is 2. The first-order chi connectivity index (χ1) is 4.22. The van der Waals surface area contributed by atoms with Crippen LogP contribution in [0.5, 0.6) is 0 Å². The van der Waals surface area contributed by atoms with Gasteiger partial charge in [0.25, 0.3) is 0 Å². The van der Waals surface area contributed by atoms with E-state index in [0.29, 0.717) is 5.03 Å². The Bertz CT molecular complexity index is 164. The molecule has 9 heavy (non-hydrogen) atoms. The number of hydrogen-bond acceptors (Lipinski definition) is 0. The second kappa shape index (κ2) is 3.01. The third kappa shape index (κ3) is 1.67. The summed E-state index contributed by atoms with van der Waals surface area (Å²) in [7, 11) is 0. The molecule has 0 saturated heterocycles. The van der Waals surface area contributed by atoms with Crippen LogP contribution in [0.4, 0.5) is 4.39 Å². The van der Waals surface area contributed by atoms with Crippen molar-refractivity contribution in [2.75, 3.05) is 0 Å². The molecule has 0 aromatic rings. The number of halogens is 3. The highest BCUT2D eigenvalue weighted by atomic mass is 127. The topological polar surface area (TPSA) is 0 Å². The quantitative estimate of drug-likeness (QED) is 0.463. The highest BCUT2D eigenvalue weighted by Crippen LogP contribution is 2.25. The van der Waals surface area contributed by atoms with Gasteiger partial charge in [0.05, 0.1) is 8.96 Å². The van der Waals surface area contributed by atoms with E-state index >= 15 is 0 Å². The van der Waals surface area contributed by atoms with Crippen LogP contribution in [0.15, 0.2) is 23.3 Å². The third-order valence-electron chi connectivity index (χ3n) is 1.09. The summed E-state index contributed by atoms with van der Waals surface area (Å²) in [5.41, 5.74) is 0. The van der Waals surface area contributed by atoms with Crippen LogP contribution >= 0.6 is 34.2 Å². The van der Waals surface area contributed by atoms with Crippen LogP contribution in [-0.4, -0.2) is 10.1 Å². The average Bonchev–Trinajstić information content (AvgIpc) is 1.83. The lowest BCUT2D eigenvalue weighted by Gasteiger charge is -2.12. The second-order valence-electron chi connectivity index (χ2n) is 1.78. The first-order valence-electron chi connectivity index (χ1n) is 2.54. The van der Waals surface area contributed by atoms with Gasteiger partial charge in [0.15, 0.2) is 6.17 Å². The molecular weight excluding hydrogens is 253 g/mol. The maximum absolute atomic E-state index is 12.7. The fraction of sp³-hybridized carbons (Fsp3) is 0.333. The van der Waals surface area contributed by atoms with Crippen molar-refractivity contribution in [3.63, 3.8) is 0 Å². The Morgan fingerprint density at radius 2 is 2.33 bits per heavy atom. The van der Waals surface area contributed by atoms with Gasteiger partial charge in [0, 0.05) is 0 Å². The van der Waals surface area contributed by atoms with E-state index in [0.717, 1.165) is 0 Å². The lowest BCUT2D eigenvalue weighted by molar-refractivity contribution is 0.408. The molecule has 1 aliphatic rings. The van der Waals surface area contributed by atoms with Crippen molar-refractivity contribution in [1.29, 1.82) is 0 Å². The lowest BCUT2D eigenvalue weighted by Crippen LogP contribution is -2.15. The van der Waals surface area contributed by atoms with Crippen molar-refractivity contribution in [1.82, 2.24) is 0 Å². The lowest BCUT2D eigenvalue weighted by atomic mass is 10.2. The summed E-state index contributed by atoms with van der Waals surface area (Å²) < 4.78 is 12.6. The number of hydrogen-bond donors (Lipinski definition) is 0. The van der Waals surface area contributed by atoms with E-state index in [1.165, 1.54) is 0 Å². The van der Waals surface area contributed by atoms with Gasteiger partial charge in [0.1, 0.15) is 0 Å². The van der Waals surface area contributed by atoms with Gasteiger partial charge in [-0.3, -0.25) is 0 Å². The summed E-state index contributed by atoms with van der Waals surface area (Å²) in [4.78, 5) is 0. The minimum Gasteiger partial charge on any atom is -0.240 e. The summed E-state index contributed by atoms with van der Waals surface area (Å²) >= 11 is 7.50. The van der Waals surface area contributed by atoms with Crippen LogP contribution in [-0.2, 0) is 0 Å². The van der Waals surface area contributed by atoms with Crippen molar-refractivity contribution in [2.24, 2.45) is 0 Å². The van der Waals surface area contributed by atoms with Crippen LogP contribution in [0.25, 0.3) is 0 Å². The highest BCUT2D eigenvalue weighted by molar-refractivity contribution is 14.1. The largest absolute Gasteiger partial charge is 0.240 e. The minimum absolute atomic E-state index is 0.0971. The fourth-order valence-corrected chi connectivity index (χ4v) is 1.64. The molecule has 0 N–H and O–H groups in total. The van der Waals surface area contributed by atoms with Gasteiger partial charge in [0.2, 0.25) is 0 Å². The predicted octanol–water partition coefficient (Wildman–Crippen LogP) is 2.82. The maximum Gasteiger partial charge on any atom is 0.151 e. The third-order valence-corrected chi connectivity index (χ3v) is 2.47. The van der Waals surface area contributed by atoms with E-state index in [-0.39, 0.29) is 3.92 Å².